The van der Waals surface area contributed by atoms with E-state index in [0.717, 1.165) is 12.1 Å². The Balaban J connectivity index is 2.23. The molecule has 96 valence electrons. The van der Waals surface area contributed by atoms with Crippen molar-refractivity contribution in [3.8, 4) is 0 Å². The number of amidine groups is 1. The molecule has 2 rings (SSSR count). The van der Waals surface area contributed by atoms with Crippen LogP contribution in [0, 0.1) is 17.0 Å². The summed E-state index contributed by atoms with van der Waals surface area (Å²) in [5.74, 6) is -2.68. The number of carbonyl (C=O) groups excluding carboxylic acids is 1. The second-order valence-electron chi connectivity index (χ2n) is 4.12. The van der Waals surface area contributed by atoms with Gasteiger partial charge in [-0.3, -0.25) is 4.79 Å². The summed E-state index contributed by atoms with van der Waals surface area (Å²) in [5, 5.41) is 13.5. The fourth-order valence-electron chi connectivity index (χ4n) is 1.67. The molecule has 1 saturated carbocycles. The van der Waals surface area contributed by atoms with Gasteiger partial charge in [0.1, 0.15) is 22.7 Å². The van der Waals surface area contributed by atoms with E-state index >= 15 is 0 Å². The van der Waals surface area contributed by atoms with Crippen LogP contribution in [0.25, 0.3) is 0 Å². The average Bonchev–Trinajstić information content (AvgIpc) is 3.14. The Morgan fingerprint density at radius 1 is 1.39 bits per heavy atom. The van der Waals surface area contributed by atoms with E-state index in [1.54, 1.807) is 0 Å². The third kappa shape index (κ3) is 1.87. The summed E-state index contributed by atoms with van der Waals surface area (Å²) in [6.45, 7) is 0. The molecule has 4 N–H and O–H groups in total. The van der Waals surface area contributed by atoms with Crippen LogP contribution in [0.2, 0.25) is 0 Å². The highest BCUT2D eigenvalue weighted by Crippen LogP contribution is 2.46. The van der Waals surface area contributed by atoms with Gasteiger partial charge in [0.15, 0.2) is 5.84 Å². The van der Waals surface area contributed by atoms with E-state index in [4.69, 9.17) is 10.9 Å². The molecule has 0 radical (unpaired) electrons. The molecule has 5 nitrogen and oxygen atoms in total. The van der Waals surface area contributed by atoms with Gasteiger partial charge in [0.05, 0.1) is 0 Å². The van der Waals surface area contributed by atoms with Crippen molar-refractivity contribution >= 4 is 17.4 Å². The van der Waals surface area contributed by atoms with Crippen molar-refractivity contribution in [2.45, 2.75) is 12.8 Å². The first-order chi connectivity index (χ1) is 8.51. The first kappa shape index (κ1) is 12.3. The van der Waals surface area contributed by atoms with E-state index in [1.165, 1.54) is 6.07 Å². The van der Waals surface area contributed by atoms with Crippen LogP contribution in [-0.4, -0.2) is 17.0 Å². The fourth-order valence-corrected chi connectivity index (χ4v) is 1.67. The number of nitrogens with one attached hydrogen (secondary N) is 1. The van der Waals surface area contributed by atoms with Crippen LogP contribution < -0.4 is 11.1 Å². The number of hydrogen-bond acceptors (Lipinski definition) is 3. The normalized spacial score (nSPS) is 17.3. The van der Waals surface area contributed by atoms with Crippen molar-refractivity contribution in [2.24, 2.45) is 16.3 Å². The van der Waals surface area contributed by atoms with Gasteiger partial charge in [0, 0.05) is 0 Å². The van der Waals surface area contributed by atoms with Gasteiger partial charge >= 0.3 is 0 Å². The predicted molar refractivity (Wildman–Crippen MR) is 60.1 cm³/mol. The zero-order chi connectivity index (χ0) is 13.3. The van der Waals surface area contributed by atoms with Crippen LogP contribution in [0.4, 0.5) is 14.5 Å². The number of benzene rings is 1. The third-order valence-corrected chi connectivity index (χ3v) is 2.98. The summed E-state index contributed by atoms with van der Waals surface area (Å²) in [7, 11) is 0. The molecule has 1 amide bonds. The van der Waals surface area contributed by atoms with Crippen LogP contribution in [0.15, 0.2) is 23.4 Å². The van der Waals surface area contributed by atoms with Crippen LogP contribution >= 0.6 is 0 Å². The molecule has 7 heteroatoms. The number of para-hydroxylation sites is 1. The van der Waals surface area contributed by atoms with Gasteiger partial charge in [-0.1, -0.05) is 11.2 Å². The van der Waals surface area contributed by atoms with E-state index in [0.29, 0.717) is 12.8 Å². The number of nitrogens with two attached hydrogens (primary N) is 1. The summed E-state index contributed by atoms with van der Waals surface area (Å²) >= 11 is 0. The molecule has 0 unspecified atom stereocenters. The van der Waals surface area contributed by atoms with Gasteiger partial charge in [-0.25, -0.2) is 8.78 Å². The lowest BCUT2D eigenvalue weighted by molar-refractivity contribution is -0.119. The summed E-state index contributed by atoms with van der Waals surface area (Å²) in [4.78, 5) is 11.9. The molecule has 1 aliphatic rings. The average molecular weight is 255 g/mol. The number of oxime groups is 1. The van der Waals surface area contributed by atoms with E-state index in [2.05, 4.69) is 10.5 Å². The van der Waals surface area contributed by atoms with Gasteiger partial charge in [-0.05, 0) is 25.0 Å². The quantitative estimate of drug-likeness (QED) is 0.330. The Morgan fingerprint density at radius 3 is 2.39 bits per heavy atom. The molecular formula is C11H11F2N3O2. The smallest absolute Gasteiger partial charge is 0.238 e. The Kier molecular flexibility index (Phi) is 2.90. The highest BCUT2D eigenvalue weighted by atomic mass is 19.1. The molecule has 0 aliphatic heterocycles. The van der Waals surface area contributed by atoms with Crippen LogP contribution in [0.3, 0.4) is 0 Å². The van der Waals surface area contributed by atoms with Gasteiger partial charge in [-0.15, -0.1) is 0 Å². The standard InChI is InChI=1S/C11H11F2N3O2/c12-6-2-1-3-7(13)8(6)15-10(17)11(4-5-11)9(14)16-18/h1-3,18H,4-5H2,(H2,14,16)(H,15,17). The molecule has 18 heavy (non-hydrogen) atoms. The second kappa shape index (κ2) is 4.25. The zero-order valence-corrected chi connectivity index (χ0v) is 9.28. The Morgan fingerprint density at radius 2 is 1.94 bits per heavy atom. The summed E-state index contributed by atoms with van der Waals surface area (Å²) in [5.41, 5.74) is 3.72. The molecule has 0 bridgehead atoms. The molecule has 1 aromatic rings. The number of carbonyl (C=O) groups is 1. The maximum absolute atomic E-state index is 13.3. The maximum Gasteiger partial charge on any atom is 0.238 e. The van der Waals surface area contributed by atoms with E-state index in [1.807, 2.05) is 0 Å². The van der Waals surface area contributed by atoms with Gasteiger partial charge in [0.2, 0.25) is 5.91 Å². The van der Waals surface area contributed by atoms with Crippen molar-refractivity contribution in [1.82, 2.24) is 0 Å². The highest BCUT2D eigenvalue weighted by Gasteiger charge is 2.54. The Labute approximate surface area is 101 Å². The van der Waals surface area contributed by atoms with Crippen molar-refractivity contribution < 1.29 is 18.8 Å². The van der Waals surface area contributed by atoms with E-state index in [9.17, 15) is 13.6 Å². The number of anilines is 1. The van der Waals surface area contributed by atoms with Crippen molar-refractivity contribution in [2.75, 3.05) is 5.32 Å². The second-order valence-corrected chi connectivity index (χ2v) is 4.12. The van der Waals surface area contributed by atoms with Crippen LogP contribution in [-0.2, 0) is 4.79 Å². The minimum Gasteiger partial charge on any atom is -0.409 e. The van der Waals surface area contributed by atoms with Gasteiger partial charge < -0.3 is 16.3 Å². The van der Waals surface area contributed by atoms with Crippen LogP contribution in [0.5, 0.6) is 0 Å². The number of amides is 1. The fraction of sp³-hybridized carbons (Fsp3) is 0.273. The number of hydrogen-bond donors (Lipinski definition) is 3. The molecule has 0 aromatic heterocycles. The first-order valence-electron chi connectivity index (χ1n) is 5.25. The molecule has 1 fully saturated rings. The molecule has 0 saturated heterocycles. The summed E-state index contributed by atoms with van der Waals surface area (Å²) in [6.07, 6.45) is 0.760. The topological polar surface area (TPSA) is 87.7 Å². The number of halogens is 2. The predicted octanol–water partition coefficient (Wildman–Crippen LogP) is 1.43. The van der Waals surface area contributed by atoms with E-state index in [-0.39, 0.29) is 5.84 Å². The Hall–Kier alpha value is -2.18. The first-order valence-corrected chi connectivity index (χ1v) is 5.25. The molecular weight excluding hydrogens is 244 g/mol. The van der Waals surface area contributed by atoms with Gasteiger partial charge in [-0.2, -0.15) is 0 Å². The molecule has 0 heterocycles. The zero-order valence-electron chi connectivity index (χ0n) is 9.28. The Bertz CT molecular complexity index is 507. The van der Waals surface area contributed by atoms with Crippen LogP contribution in [0.1, 0.15) is 12.8 Å². The highest BCUT2D eigenvalue weighted by molar-refractivity contribution is 6.14. The molecule has 0 atom stereocenters. The van der Waals surface area contributed by atoms with E-state index < -0.39 is 28.6 Å². The van der Waals surface area contributed by atoms with Crippen molar-refractivity contribution in [3.63, 3.8) is 0 Å². The molecule has 1 aromatic carbocycles. The lowest BCUT2D eigenvalue weighted by Crippen LogP contribution is -2.36. The largest absolute Gasteiger partial charge is 0.409 e. The maximum atomic E-state index is 13.3. The minimum atomic E-state index is -1.15. The lowest BCUT2D eigenvalue weighted by Gasteiger charge is -2.14. The lowest BCUT2D eigenvalue weighted by atomic mass is 10.1. The van der Waals surface area contributed by atoms with Crippen molar-refractivity contribution in [3.05, 3.63) is 29.8 Å². The third-order valence-electron chi connectivity index (χ3n) is 2.98. The SMILES string of the molecule is N/C(=N/O)C1(C(=O)Nc2c(F)cccc2F)CC1. The number of rotatable bonds is 3. The summed E-state index contributed by atoms with van der Waals surface area (Å²) in [6, 6.07) is 3.25. The molecule has 1 aliphatic carbocycles. The monoisotopic (exact) mass is 255 g/mol. The minimum absolute atomic E-state index is 0.253. The van der Waals surface area contributed by atoms with Crippen molar-refractivity contribution in [1.29, 1.82) is 0 Å². The molecule has 0 spiro atoms. The number of nitrogens with zero attached hydrogens (tertiary/aromatic N) is 1. The van der Waals surface area contributed by atoms with Gasteiger partial charge in [0.25, 0.3) is 0 Å². The summed E-state index contributed by atoms with van der Waals surface area (Å²) < 4.78 is 26.7.